The molecular weight excluding hydrogens is 295 g/mol. The van der Waals surface area contributed by atoms with E-state index in [0.717, 1.165) is 10.2 Å². The molecule has 0 fully saturated rings. The van der Waals surface area contributed by atoms with Gasteiger partial charge in [0.05, 0.1) is 6.04 Å². The van der Waals surface area contributed by atoms with E-state index in [1.807, 2.05) is 36.4 Å². The average Bonchev–Trinajstić information content (AvgIpc) is 2.38. The number of para-hydroxylation sites is 1. The van der Waals surface area contributed by atoms with Gasteiger partial charge in [-0.2, -0.15) is 0 Å². The summed E-state index contributed by atoms with van der Waals surface area (Å²) in [6.45, 7) is 0.327. The van der Waals surface area contributed by atoms with Crippen molar-refractivity contribution in [2.24, 2.45) is 5.73 Å². The smallest absolute Gasteiger partial charge is 0.129 e. The summed E-state index contributed by atoms with van der Waals surface area (Å²) in [5.41, 5.74) is 7.22. The molecule has 0 saturated carbocycles. The molecule has 0 aliphatic carbocycles. The summed E-state index contributed by atoms with van der Waals surface area (Å²) in [6.07, 6.45) is 0. The number of hydrogen-bond donors (Lipinski definition) is 2. The predicted octanol–water partition coefficient (Wildman–Crippen LogP) is 3.70. The normalized spacial score (nSPS) is 12.2. The molecule has 3 N–H and O–H groups in total. The van der Waals surface area contributed by atoms with Crippen molar-refractivity contribution in [2.45, 2.75) is 6.04 Å². The van der Waals surface area contributed by atoms with Gasteiger partial charge in [-0.05, 0) is 24.3 Å². The highest BCUT2D eigenvalue weighted by Crippen LogP contribution is 2.23. The van der Waals surface area contributed by atoms with Gasteiger partial charge in [-0.25, -0.2) is 4.39 Å². The molecule has 94 valence electrons. The van der Waals surface area contributed by atoms with Gasteiger partial charge in [0, 0.05) is 22.3 Å². The molecule has 4 heteroatoms. The van der Waals surface area contributed by atoms with E-state index in [1.165, 1.54) is 6.07 Å². The standard InChI is InChI=1S/C14H14BrFN2/c15-10-6-7-12(13(16)8-10)14(9-17)18-11-4-2-1-3-5-11/h1-8,14,18H,9,17H2. The van der Waals surface area contributed by atoms with Gasteiger partial charge in [0.15, 0.2) is 0 Å². The second kappa shape index (κ2) is 5.98. The van der Waals surface area contributed by atoms with Crippen LogP contribution in [0.4, 0.5) is 10.1 Å². The van der Waals surface area contributed by atoms with Crippen molar-refractivity contribution in [3.05, 3.63) is 64.4 Å². The molecule has 0 aliphatic rings. The van der Waals surface area contributed by atoms with Crippen LogP contribution in [0, 0.1) is 5.82 Å². The summed E-state index contributed by atoms with van der Waals surface area (Å²) in [4.78, 5) is 0. The van der Waals surface area contributed by atoms with Crippen LogP contribution >= 0.6 is 15.9 Å². The fourth-order valence-corrected chi connectivity index (χ4v) is 2.12. The maximum absolute atomic E-state index is 13.9. The van der Waals surface area contributed by atoms with E-state index in [1.54, 1.807) is 6.07 Å². The molecule has 0 saturated heterocycles. The Labute approximate surface area is 114 Å². The molecule has 2 nitrogen and oxygen atoms in total. The fraction of sp³-hybridized carbons (Fsp3) is 0.143. The van der Waals surface area contributed by atoms with Crippen molar-refractivity contribution >= 4 is 21.6 Å². The molecule has 0 bridgehead atoms. The molecular formula is C14H14BrFN2. The Hall–Kier alpha value is -1.39. The van der Waals surface area contributed by atoms with E-state index in [-0.39, 0.29) is 11.9 Å². The van der Waals surface area contributed by atoms with Crippen LogP contribution in [-0.2, 0) is 0 Å². The van der Waals surface area contributed by atoms with E-state index < -0.39 is 0 Å². The lowest BCUT2D eigenvalue weighted by Gasteiger charge is -2.19. The lowest BCUT2D eigenvalue weighted by Crippen LogP contribution is -2.21. The Morgan fingerprint density at radius 1 is 1.17 bits per heavy atom. The Bertz CT molecular complexity index is 516. The van der Waals surface area contributed by atoms with E-state index in [4.69, 9.17) is 5.73 Å². The van der Waals surface area contributed by atoms with Crippen molar-refractivity contribution in [1.29, 1.82) is 0 Å². The third kappa shape index (κ3) is 3.09. The van der Waals surface area contributed by atoms with Crippen LogP contribution in [-0.4, -0.2) is 6.54 Å². The molecule has 2 aromatic carbocycles. The average molecular weight is 309 g/mol. The van der Waals surface area contributed by atoms with Crippen LogP contribution in [0.25, 0.3) is 0 Å². The minimum Gasteiger partial charge on any atom is -0.377 e. The molecule has 0 aliphatic heterocycles. The highest BCUT2D eigenvalue weighted by molar-refractivity contribution is 9.10. The Morgan fingerprint density at radius 3 is 2.50 bits per heavy atom. The maximum atomic E-state index is 13.9. The number of benzene rings is 2. The number of rotatable bonds is 4. The van der Waals surface area contributed by atoms with Crippen LogP contribution in [0.15, 0.2) is 53.0 Å². The second-order valence-electron chi connectivity index (χ2n) is 3.96. The summed E-state index contributed by atoms with van der Waals surface area (Å²) in [6, 6.07) is 14.4. The molecule has 0 amide bonds. The number of hydrogen-bond acceptors (Lipinski definition) is 2. The SMILES string of the molecule is NCC(Nc1ccccc1)c1ccc(Br)cc1F. The van der Waals surface area contributed by atoms with Gasteiger partial charge in [-0.15, -0.1) is 0 Å². The molecule has 0 radical (unpaired) electrons. The van der Waals surface area contributed by atoms with Gasteiger partial charge in [-0.3, -0.25) is 0 Å². The summed E-state index contributed by atoms with van der Waals surface area (Å²) < 4.78 is 14.6. The number of halogens is 2. The molecule has 0 spiro atoms. The van der Waals surface area contributed by atoms with E-state index in [0.29, 0.717) is 12.1 Å². The molecule has 2 aromatic rings. The zero-order chi connectivity index (χ0) is 13.0. The van der Waals surface area contributed by atoms with Crippen LogP contribution in [0.3, 0.4) is 0 Å². The highest BCUT2D eigenvalue weighted by Gasteiger charge is 2.14. The van der Waals surface area contributed by atoms with Crippen LogP contribution in [0.2, 0.25) is 0 Å². The third-order valence-electron chi connectivity index (χ3n) is 2.69. The van der Waals surface area contributed by atoms with E-state index >= 15 is 0 Å². The maximum Gasteiger partial charge on any atom is 0.129 e. The van der Waals surface area contributed by atoms with Crippen molar-refractivity contribution in [2.75, 3.05) is 11.9 Å². The minimum absolute atomic E-state index is 0.236. The number of anilines is 1. The molecule has 0 aromatic heterocycles. The lowest BCUT2D eigenvalue weighted by molar-refractivity contribution is 0.592. The third-order valence-corrected chi connectivity index (χ3v) is 3.18. The summed E-state index contributed by atoms with van der Waals surface area (Å²) in [7, 11) is 0. The predicted molar refractivity (Wildman–Crippen MR) is 76.0 cm³/mol. The quantitative estimate of drug-likeness (QED) is 0.904. The zero-order valence-electron chi connectivity index (χ0n) is 9.74. The number of nitrogens with one attached hydrogen (secondary N) is 1. The monoisotopic (exact) mass is 308 g/mol. The zero-order valence-corrected chi connectivity index (χ0v) is 11.3. The second-order valence-corrected chi connectivity index (χ2v) is 4.88. The topological polar surface area (TPSA) is 38.0 Å². The number of nitrogens with two attached hydrogens (primary N) is 1. The fourth-order valence-electron chi connectivity index (χ4n) is 1.78. The van der Waals surface area contributed by atoms with Gasteiger partial charge in [-0.1, -0.05) is 40.2 Å². The Kier molecular flexibility index (Phi) is 4.33. The molecule has 1 atom stereocenters. The van der Waals surface area contributed by atoms with E-state index in [2.05, 4.69) is 21.2 Å². The Balaban J connectivity index is 2.23. The minimum atomic E-state index is -0.261. The molecule has 1 unspecified atom stereocenters. The first-order chi connectivity index (χ1) is 8.70. The van der Waals surface area contributed by atoms with Gasteiger partial charge in [0.1, 0.15) is 5.82 Å². The van der Waals surface area contributed by atoms with Gasteiger partial charge in [0.2, 0.25) is 0 Å². The van der Waals surface area contributed by atoms with Crippen molar-refractivity contribution in [3.63, 3.8) is 0 Å². The first-order valence-electron chi connectivity index (χ1n) is 5.67. The first kappa shape index (κ1) is 13.1. The lowest BCUT2D eigenvalue weighted by atomic mass is 10.1. The first-order valence-corrected chi connectivity index (χ1v) is 6.46. The summed E-state index contributed by atoms with van der Waals surface area (Å²) in [5, 5.41) is 3.22. The summed E-state index contributed by atoms with van der Waals surface area (Å²) in [5.74, 6) is -0.261. The highest BCUT2D eigenvalue weighted by atomic mass is 79.9. The Morgan fingerprint density at radius 2 is 1.89 bits per heavy atom. The molecule has 0 heterocycles. The van der Waals surface area contributed by atoms with Crippen LogP contribution in [0.1, 0.15) is 11.6 Å². The van der Waals surface area contributed by atoms with Crippen molar-refractivity contribution in [1.82, 2.24) is 0 Å². The van der Waals surface area contributed by atoms with Crippen LogP contribution in [0.5, 0.6) is 0 Å². The molecule has 18 heavy (non-hydrogen) atoms. The van der Waals surface area contributed by atoms with Crippen molar-refractivity contribution < 1.29 is 4.39 Å². The van der Waals surface area contributed by atoms with E-state index in [9.17, 15) is 4.39 Å². The van der Waals surface area contributed by atoms with Crippen molar-refractivity contribution in [3.8, 4) is 0 Å². The summed E-state index contributed by atoms with van der Waals surface area (Å²) >= 11 is 3.24. The van der Waals surface area contributed by atoms with Gasteiger partial charge >= 0.3 is 0 Å². The largest absolute Gasteiger partial charge is 0.377 e. The van der Waals surface area contributed by atoms with Gasteiger partial charge in [0.25, 0.3) is 0 Å². The van der Waals surface area contributed by atoms with Gasteiger partial charge < -0.3 is 11.1 Å². The molecule has 2 rings (SSSR count). The van der Waals surface area contributed by atoms with Crippen LogP contribution < -0.4 is 11.1 Å².